The average Bonchev–Trinajstić information content (AvgIpc) is 2.78. The highest BCUT2D eigenvalue weighted by Gasteiger charge is 2.09. The van der Waals surface area contributed by atoms with Gasteiger partial charge in [0.25, 0.3) is 0 Å². The highest BCUT2D eigenvalue weighted by atomic mass is 35.5. The fourth-order valence-electron chi connectivity index (χ4n) is 1.75. The summed E-state index contributed by atoms with van der Waals surface area (Å²) in [6, 6.07) is 7.85. The summed E-state index contributed by atoms with van der Waals surface area (Å²) >= 11 is 18.8. The number of thiazole rings is 1. The maximum Gasteiger partial charge on any atom is 0.325 e. The molecule has 0 radical (unpaired) electrons. The van der Waals surface area contributed by atoms with Gasteiger partial charge in [0.05, 0.1) is 10.2 Å². The third-order valence-electron chi connectivity index (χ3n) is 2.59. The van der Waals surface area contributed by atoms with Crippen molar-refractivity contribution in [2.24, 2.45) is 0 Å². The molecule has 2 heterocycles. The van der Waals surface area contributed by atoms with Crippen molar-refractivity contribution in [3.05, 3.63) is 45.7 Å². The molecule has 0 bridgehead atoms. The zero-order chi connectivity index (χ0) is 15.7. The van der Waals surface area contributed by atoms with E-state index in [4.69, 9.17) is 34.8 Å². The first-order chi connectivity index (χ1) is 10.5. The summed E-state index contributed by atoms with van der Waals surface area (Å²) in [5.74, 6) is 0. The van der Waals surface area contributed by atoms with Gasteiger partial charge in [-0.15, -0.1) is 0 Å². The van der Waals surface area contributed by atoms with E-state index in [-0.39, 0.29) is 10.3 Å². The molecule has 9 heteroatoms. The molecule has 0 aliphatic heterocycles. The maximum atomic E-state index is 12.0. The smallest absolute Gasteiger partial charge is 0.307 e. The van der Waals surface area contributed by atoms with Gasteiger partial charge in [-0.25, -0.2) is 14.8 Å². The van der Waals surface area contributed by atoms with Crippen LogP contribution in [0.2, 0.25) is 15.3 Å². The third-order valence-corrected chi connectivity index (χ3v) is 4.15. The molecule has 112 valence electrons. The van der Waals surface area contributed by atoms with Gasteiger partial charge in [-0.3, -0.25) is 5.32 Å². The minimum atomic E-state index is -0.455. The van der Waals surface area contributed by atoms with Crippen LogP contribution in [0.15, 0.2) is 30.3 Å². The normalized spacial score (nSPS) is 10.7. The molecule has 0 saturated carbocycles. The summed E-state index contributed by atoms with van der Waals surface area (Å²) in [5, 5.41) is 6.72. The molecule has 5 nitrogen and oxygen atoms in total. The highest BCUT2D eigenvalue weighted by Crippen LogP contribution is 2.28. The number of nitrogens with one attached hydrogen (secondary N) is 2. The van der Waals surface area contributed by atoms with Gasteiger partial charge < -0.3 is 5.32 Å². The van der Waals surface area contributed by atoms with Gasteiger partial charge in [0.2, 0.25) is 0 Å². The van der Waals surface area contributed by atoms with Crippen molar-refractivity contribution in [3.63, 3.8) is 0 Å². The molecule has 0 fully saturated rings. The predicted octanol–water partition coefficient (Wildman–Crippen LogP) is 5.30. The van der Waals surface area contributed by atoms with Crippen LogP contribution in [0.1, 0.15) is 0 Å². The molecular weight excluding hydrogens is 367 g/mol. The monoisotopic (exact) mass is 372 g/mol. The molecule has 0 spiro atoms. The van der Waals surface area contributed by atoms with E-state index in [0.29, 0.717) is 15.8 Å². The number of hydrogen-bond acceptors (Lipinski definition) is 4. The first-order valence-corrected chi connectivity index (χ1v) is 7.92. The molecule has 3 aromatic rings. The van der Waals surface area contributed by atoms with E-state index in [0.717, 1.165) is 10.2 Å². The number of nitrogens with zero attached hydrogens (tertiary/aromatic N) is 2. The number of rotatable bonds is 2. The molecule has 2 aromatic heterocycles. The van der Waals surface area contributed by atoms with Crippen LogP contribution >= 0.6 is 46.1 Å². The Bertz CT molecular complexity index is 847. The van der Waals surface area contributed by atoms with Gasteiger partial charge in [0.15, 0.2) is 5.13 Å². The number of halogens is 3. The molecule has 0 saturated heterocycles. The summed E-state index contributed by atoms with van der Waals surface area (Å²) in [4.78, 5) is 20.1. The first kappa shape index (κ1) is 15.3. The Morgan fingerprint density at radius 2 is 1.73 bits per heavy atom. The lowest BCUT2D eigenvalue weighted by Gasteiger charge is -2.05. The van der Waals surface area contributed by atoms with E-state index < -0.39 is 6.03 Å². The Morgan fingerprint density at radius 1 is 1.00 bits per heavy atom. The quantitative estimate of drug-likeness (QED) is 0.599. The Labute approximate surface area is 144 Å². The zero-order valence-electron chi connectivity index (χ0n) is 10.7. The van der Waals surface area contributed by atoms with E-state index in [1.165, 1.54) is 23.5 Å². The van der Waals surface area contributed by atoms with Crippen LogP contribution in [0.25, 0.3) is 10.2 Å². The van der Waals surface area contributed by atoms with Crippen molar-refractivity contribution in [2.45, 2.75) is 0 Å². The number of fused-ring (bicyclic) bond motifs is 1. The van der Waals surface area contributed by atoms with Crippen LogP contribution in [0, 0.1) is 0 Å². The molecule has 0 aliphatic carbocycles. The molecule has 0 atom stereocenters. The van der Waals surface area contributed by atoms with Crippen LogP contribution in [0.4, 0.5) is 15.6 Å². The molecule has 3 rings (SSSR count). The minimum absolute atomic E-state index is 0.192. The average molecular weight is 374 g/mol. The van der Waals surface area contributed by atoms with Gasteiger partial charge in [-0.05, 0) is 30.3 Å². The zero-order valence-corrected chi connectivity index (χ0v) is 13.8. The van der Waals surface area contributed by atoms with Crippen molar-refractivity contribution in [1.29, 1.82) is 0 Å². The van der Waals surface area contributed by atoms with Gasteiger partial charge in [0, 0.05) is 10.7 Å². The first-order valence-electron chi connectivity index (χ1n) is 5.97. The minimum Gasteiger partial charge on any atom is -0.307 e. The highest BCUT2D eigenvalue weighted by molar-refractivity contribution is 7.22. The van der Waals surface area contributed by atoms with Gasteiger partial charge in [-0.2, -0.15) is 0 Å². The van der Waals surface area contributed by atoms with Crippen LogP contribution < -0.4 is 10.6 Å². The van der Waals surface area contributed by atoms with Crippen LogP contribution in [-0.2, 0) is 0 Å². The Balaban J connectivity index is 1.75. The lowest BCUT2D eigenvalue weighted by molar-refractivity contribution is 0.262. The second kappa shape index (κ2) is 6.26. The summed E-state index contributed by atoms with van der Waals surface area (Å²) in [6.45, 7) is 0. The summed E-state index contributed by atoms with van der Waals surface area (Å²) in [5.41, 5.74) is 1.20. The van der Waals surface area contributed by atoms with Crippen molar-refractivity contribution in [1.82, 2.24) is 9.97 Å². The lowest BCUT2D eigenvalue weighted by atomic mass is 10.3. The molecule has 0 aliphatic rings. The molecule has 2 N–H and O–H groups in total. The molecule has 0 unspecified atom stereocenters. The summed E-state index contributed by atoms with van der Waals surface area (Å²) in [7, 11) is 0. The molecular formula is C13H7Cl3N4OS. The lowest BCUT2D eigenvalue weighted by Crippen LogP contribution is -2.19. The number of anilines is 2. The van der Waals surface area contributed by atoms with Gasteiger partial charge in [-0.1, -0.05) is 46.1 Å². The Hall–Kier alpha value is -1.60. The number of urea groups is 1. The second-order valence-corrected chi connectivity index (χ2v) is 6.45. The summed E-state index contributed by atoms with van der Waals surface area (Å²) < 4.78 is 0.887. The fourth-order valence-corrected chi connectivity index (χ4v) is 3.35. The summed E-state index contributed by atoms with van der Waals surface area (Å²) in [6.07, 6.45) is 0. The number of aromatic nitrogens is 2. The Morgan fingerprint density at radius 3 is 2.45 bits per heavy atom. The standard InChI is InChI=1S/C13H7Cl3N4OS/c14-6-1-2-8-9(3-6)22-13(18-8)20-12(21)17-7-4-10(15)19-11(16)5-7/h1-5H,(H2,17,18,19,20,21). The van der Waals surface area contributed by atoms with Crippen molar-refractivity contribution in [2.75, 3.05) is 10.6 Å². The number of carbonyl (C=O) groups excluding carboxylic acids is 1. The number of benzene rings is 1. The molecule has 22 heavy (non-hydrogen) atoms. The van der Waals surface area contributed by atoms with Crippen LogP contribution in [-0.4, -0.2) is 16.0 Å². The van der Waals surface area contributed by atoms with E-state index in [2.05, 4.69) is 20.6 Å². The van der Waals surface area contributed by atoms with Gasteiger partial charge >= 0.3 is 6.03 Å². The maximum absolute atomic E-state index is 12.0. The van der Waals surface area contributed by atoms with Crippen molar-refractivity contribution < 1.29 is 4.79 Å². The molecule has 1 aromatic carbocycles. The largest absolute Gasteiger partial charge is 0.325 e. The van der Waals surface area contributed by atoms with Crippen molar-refractivity contribution >= 4 is 73.2 Å². The predicted molar refractivity (Wildman–Crippen MR) is 91.5 cm³/mol. The topological polar surface area (TPSA) is 66.9 Å². The van der Waals surface area contributed by atoms with Crippen molar-refractivity contribution in [3.8, 4) is 0 Å². The van der Waals surface area contributed by atoms with E-state index in [9.17, 15) is 4.79 Å². The molecule has 2 amide bonds. The second-order valence-electron chi connectivity index (χ2n) is 4.21. The van der Waals surface area contributed by atoms with Crippen LogP contribution in [0.5, 0.6) is 0 Å². The number of pyridine rings is 1. The number of amides is 2. The Kier molecular flexibility index (Phi) is 4.35. The number of hydrogen-bond donors (Lipinski definition) is 2. The van der Waals surface area contributed by atoms with Gasteiger partial charge in [0.1, 0.15) is 10.3 Å². The van der Waals surface area contributed by atoms with E-state index in [1.807, 2.05) is 0 Å². The fraction of sp³-hybridized carbons (Fsp3) is 0. The van der Waals surface area contributed by atoms with E-state index >= 15 is 0 Å². The third kappa shape index (κ3) is 3.59. The number of carbonyl (C=O) groups is 1. The SMILES string of the molecule is O=C(Nc1cc(Cl)nc(Cl)c1)Nc1nc2ccc(Cl)cc2s1. The van der Waals surface area contributed by atoms with Crippen LogP contribution in [0.3, 0.4) is 0 Å². The van der Waals surface area contributed by atoms with E-state index in [1.54, 1.807) is 18.2 Å².